The van der Waals surface area contributed by atoms with E-state index in [0.29, 0.717) is 13.1 Å². The molecule has 27 heavy (non-hydrogen) atoms. The molecule has 0 saturated carbocycles. The fourth-order valence-corrected chi connectivity index (χ4v) is 3.88. The molecular formula is C20H24N6O. The number of benzene rings is 1. The first-order chi connectivity index (χ1) is 13.0. The van der Waals surface area contributed by atoms with Gasteiger partial charge >= 0.3 is 0 Å². The minimum absolute atomic E-state index is 0.121. The Morgan fingerprint density at radius 2 is 2.00 bits per heavy atom. The van der Waals surface area contributed by atoms with Gasteiger partial charge < -0.3 is 9.80 Å². The van der Waals surface area contributed by atoms with Crippen molar-refractivity contribution in [2.24, 2.45) is 7.05 Å². The van der Waals surface area contributed by atoms with E-state index in [0.717, 1.165) is 34.7 Å². The van der Waals surface area contributed by atoms with Crippen molar-refractivity contribution >= 4 is 22.8 Å². The summed E-state index contributed by atoms with van der Waals surface area (Å²) in [7, 11) is 1.88. The topological polar surface area (TPSA) is 67.2 Å². The fourth-order valence-electron chi connectivity index (χ4n) is 3.88. The van der Waals surface area contributed by atoms with Gasteiger partial charge in [0.1, 0.15) is 18.2 Å². The number of anilines is 1. The predicted octanol–water partition coefficient (Wildman–Crippen LogP) is 2.22. The number of piperazine rings is 1. The number of nitrogens with zero attached hydrogens (tertiary/aromatic N) is 6. The van der Waals surface area contributed by atoms with Crippen LogP contribution in [-0.2, 0) is 18.4 Å². The first kappa shape index (κ1) is 17.5. The molecule has 1 atom stereocenters. The molecule has 0 spiro atoms. The van der Waals surface area contributed by atoms with E-state index in [4.69, 9.17) is 0 Å². The van der Waals surface area contributed by atoms with E-state index in [2.05, 4.69) is 45.1 Å². The van der Waals surface area contributed by atoms with Gasteiger partial charge in [-0.25, -0.2) is 9.97 Å². The van der Waals surface area contributed by atoms with E-state index in [1.165, 1.54) is 5.56 Å². The zero-order valence-corrected chi connectivity index (χ0v) is 16.2. The van der Waals surface area contributed by atoms with E-state index in [1.54, 1.807) is 11.0 Å². The average molecular weight is 364 g/mol. The summed E-state index contributed by atoms with van der Waals surface area (Å²) in [6.07, 6.45) is 1.55. The quantitative estimate of drug-likeness (QED) is 0.713. The number of carbonyl (C=O) groups is 1. The lowest BCUT2D eigenvalue weighted by molar-refractivity contribution is -0.134. The molecule has 1 aromatic carbocycles. The Bertz CT molecular complexity index is 1010. The predicted molar refractivity (Wildman–Crippen MR) is 104 cm³/mol. The van der Waals surface area contributed by atoms with Gasteiger partial charge in [0.05, 0.1) is 11.1 Å². The lowest BCUT2D eigenvalue weighted by Crippen LogP contribution is -2.55. The maximum Gasteiger partial charge on any atom is 0.245 e. The normalized spacial score (nSPS) is 17.8. The van der Waals surface area contributed by atoms with Gasteiger partial charge in [-0.2, -0.15) is 5.10 Å². The van der Waals surface area contributed by atoms with Gasteiger partial charge in [0.2, 0.25) is 5.91 Å². The molecule has 0 N–H and O–H groups in total. The molecule has 7 heteroatoms. The van der Waals surface area contributed by atoms with Gasteiger partial charge in [0.25, 0.3) is 0 Å². The third kappa shape index (κ3) is 3.03. The number of carbonyl (C=O) groups excluding carboxylic acids is 1. The molecule has 1 fully saturated rings. The van der Waals surface area contributed by atoms with Crippen LogP contribution >= 0.6 is 0 Å². The standard InChI is InChI=1S/C20H24N6O/c1-13-6-5-7-16(10-13)11-25-8-9-26(15(3)20(25)27)19-17-14(2)23-24(4)18(17)21-12-22-19/h5-7,10,12,15H,8-9,11H2,1-4H3/t15-/m0/s1. The highest BCUT2D eigenvalue weighted by Gasteiger charge is 2.33. The lowest BCUT2D eigenvalue weighted by atomic mass is 10.1. The Balaban J connectivity index is 1.61. The zero-order valence-electron chi connectivity index (χ0n) is 16.2. The number of aryl methyl sites for hydroxylation is 3. The molecular weight excluding hydrogens is 340 g/mol. The SMILES string of the molecule is Cc1cccc(CN2CCN(c3ncnc4c3c(C)nn4C)[C@@H](C)C2=O)c1. The fraction of sp³-hybridized carbons (Fsp3) is 0.400. The number of rotatable bonds is 3. The average Bonchev–Trinajstić information content (AvgIpc) is 2.94. The summed E-state index contributed by atoms with van der Waals surface area (Å²) in [5, 5.41) is 5.38. The third-order valence-electron chi connectivity index (χ3n) is 5.25. The van der Waals surface area contributed by atoms with E-state index in [1.807, 2.05) is 31.9 Å². The van der Waals surface area contributed by atoms with Crippen LogP contribution in [0.15, 0.2) is 30.6 Å². The zero-order chi connectivity index (χ0) is 19.1. The van der Waals surface area contributed by atoms with Crippen molar-refractivity contribution in [1.29, 1.82) is 0 Å². The van der Waals surface area contributed by atoms with Crippen LogP contribution in [0.2, 0.25) is 0 Å². The molecule has 0 aliphatic carbocycles. The van der Waals surface area contributed by atoms with Crippen molar-refractivity contribution in [3.05, 3.63) is 47.4 Å². The molecule has 3 heterocycles. The van der Waals surface area contributed by atoms with Gasteiger partial charge in [-0.15, -0.1) is 0 Å². The summed E-state index contributed by atoms with van der Waals surface area (Å²) < 4.78 is 1.76. The van der Waals surface area contributed by atoms with Crippen molar-refractivity contribution in [2.45, 2.75) is 33.4 Å². The van der Waals surface area contributed by atoms with Gasteiger partial charge in [-0.3, -0.25) is 9.48 Å². The second-order valence-corrected chi connectivity index (χ2v) is 7.22. The first-order valence-electron chi connectivity index (χ1n) is 9.21. The Morgan fingerprint density at radius 1 is 1.19 bits per heavy atom. The highest BCUT2D eigenvalue weighted by Crippen LogP contribution is 2.29. The van der Waals surface area contributed by atoms with Crippen LogP contribution in [0.3, 0.4) is 0 Å². The van der Waals surface area contributed by atoms with Gasteiger partial charge in [-0.05, 0) is 26.3 Å². The van der Waals surface area contributed by atoms with Crippen LogP contribution in [0.5, 0.6) is 0 Å². The van der Waals surface area contributed by atoms with Crippen molar-refractivity contribution in [3.8, 4) is 0 Å². The highest BCUT2D eigenvalue weighted by molar-refractivity contribution is 5.93. The van der Waals surface area contributed by atoms with Crippen molar-refractivity contribution in [3.63, 3.8) is 0 Å². The van der Waals surface area contributed by atoms with Crippen LogP contribution in [0.25, 0.3) is 11.0 Å². The summed E-state index contributed by atoms with van der Waals surface area (Å²) >= 11 is 0. The molecule has 3 aromatic rings. The van der Waals surface area contributed by atoms with E-state index < -0.39 is 0 Å². The van der Waals surface area contributed by atoms with Crippen LogP contribution in [0.1, 0.15) is 23.7 Å². The largest absolute Gasteiger partial charge is 0.342 e. The van der Waals surface area contributed by atoms with E-state index >= 15 is 0 Å². The summed E-state index contributed by atoms with van der Waals surface area (Å²) in [6, 6.07) is 8.04. The lowest BCUT2D eigenvalue weighted by Gasteiger charge is -2.40. The van der Waals surface area contributed by atoms with E-state index in [-0.39, 0.29) is 11.9 Å². The second kappa shape index (κ2) is 6.64. The number of aromatic nitrogens is 4. The van der Waals surface area contributed by atoms with Crippen LogP contribution in [0, 0.1) is 13.8 Å². The maximum atomic E-state index is 13.0. The molecule has 140 valence electrons. The summed E-state index contributed by atoms with van der Waals surface area (Å²) in [5.41, 5.74) is 4.04. The number of fused-ring (bicyclic) bond motifs is 1. The van der Waals surface area contributed by atoms with Crippen molar-refractivity contribution in [1.82, 2.24) is 24.6 Å². The second-order valence-electron chi connectivity index (χ2n) is 7.22. The first-order valence-corrected chi connectivity index (χ1v) is 9.21. The minimum Gasteiger partial charge on any atom is -0.342 e. The Hall–Kier alpha value is -2.96. The molecule has 0 bridgehead atoms. The molecule has 0 radical (unpaired) electrons. The number of amides is 1. The number of hydrogen-bond acceptors (Lipinski definition) is 5. The van der Waals surface area contributed by atoms with Crippen LogP contribution in [-0.4, -0.2) is 49.7 Å². The van der Waals surface area contributed by atoms with Crippen LogP contribution < -0.4 is 4.90 Å². The molecule has 0 unspecified atom stereocenters. The molecule has 1 aliphatic rings. The highest BCUT2D eigenvalue weighted by atomic mass is 16.2. The number of hydrogen-bond donors (Lipinski definition) is 0. The Kier molecular flexibility index (Phi) is 4.30. The molecule has 1 aliphatic heterocycles. The maximum absolute atomic E-state index is 13.0. The minimum atomic E-state index is -0.277. The smallest absolute Gasteiger partial charge is 0.245 e. The molecule has 2 aromatic heterocycles. The third-order valence-corrected chi connectivity index (χ3v) is 5.25. The van der Waals surface area contributed by atoms with Gasteiger partial charge in [0.15, 0.2) is 5.65 Å². The van der Waals surface area contributed by atoms with Gasteiger partial charge in [0, 0.05) is 26.7 Å². The Morgan fingerprint density at radius 3 is 2.78 bits per heavy atom. The summed E-state index contributed by atoms with van der Waals surface area (Å²) in [5.74, 6) is 0.915. The summed E-state index contributed by atoms with van der Waals surface area (Å²) in [4.78, 5) is 25.9. The molecule has 7 nitrogen and oxygen atoms in total. The van der Waals surface area contributed by atoms with E-state index in [9.17, 15) is 4.79 Å². The van der Waals surface area contributed by atoms with Crippen LogP contribution in [0.4, 0.5) is 5.82 Å². The molecule has 4 rings (SSSR count). The monoisotopic (exact) mass is 364 g/mol. The van der Waals surface area contributed by atoms with Crippen molar-refractivity contribution < 1.29 is 4.79 Å². The molecule has 1 saturated heterocycles. The van der Waals surface area contributed by atoms with Crippen molar-refractivity contribution in [2.75, 3.05) is 18.0 Å². The summed E-state index contributed by atoms with van der Waals surface area (Å²) in [6.45, 7) is 8.02. The molecule has 1 amide bonds. The Labute approximate surface area is 158 Å². The van der Waals surface area contributed by atoms with Gasteiger partial charge in [-0.1, -0.05) is 29.8 Å².